The molecule has 0 radical (unpaired) electrons. The van der Waals surface area contributed by atoms with E-state index in [1.807, 2.05) is 30.4 Å². The molecular weight excluding hydrogens is 278 g/mol. The topological polar surface area (TPSA) is 45.7 Å². The van der Waals surface area contributed by atoms with Crippen molar-refractivity contribution in [1.29, 1.82) is 0 Å². The largest absolute Gasteiger partial charge is 0.381 e. The van der Waals surface area contributed by atoms with Crippen LogP contribution in [-0.4, -0.2) is 61.1 Å². The van der Waals surface area contributed by atoms with E-state index in [2.05, 4.69) is 23.0 Å². The third-order valence-corrected chi connectivity index (χ3v) is 4.96. The van der Waals surface area contributed by atoms with Crippen molar-refractivity contribution in [2.75, 3.05) is 40.4 Å². The van der Waals surface area contributed by atoms with Gasteiger partial charge >= 0.3 is 0 Å². The lowest BCUT2D eigenvalue weighted by molar-refractivity contribution is -0.134. The zero-order valence-corrected chi connectivity index (χ0v) is 13.4. The number of nitrogens with zero attached hydrogens (tertiary/aromatic N) is 3. The van der Waals surface area contributed by atoms with Gasteiger partial charge in [-0.2, -0.15) is 0 Å². The van der Waals surface area contributed by atoms with Crippen LogP contribution in [0, 0.1) is 11.8 Å². The Balaban J connectivity index is 1.66. The van der Waals surface area contributed by atoms with Crippen LogP contribution in [0.5, 0.6) is 0 Å². The highest BCUT2D eigenvalue weighted by molar-refractivity contribution is 5.79. The Morgan fingerprint density at radius 1 is 1.50 bits per heavy atom. The summed E-state index contributed by atoms with van der Waals surface area (Å²) in [4.78, 5) is 21.0. The second-order valence-corrected chi connectivity index (χ2v) is 6.54. The van der Waals surface area contributed by atoms with Gasteiger partial charge in [0.05, 0.1) is 12.5 Å². The number of rotatable bonds is 4. The molecule has 3 rings (SSSR count). The van der Waals surface area contributed by atoms with Gasteiger partial charge in [-0.25, -0.2) is 0 Å². The van der Waals surface area contributed by atoms with E-state index in [9.17, 15) is 4.79 Å². The molecule has 0 aliphatic carbocycles. The van der Waals surface area contributed by atoms with Gasteiger partial charge in [0, 0.05) is 38.6 Å². The van der Waals surface area contributed by atoms with E-state index >= 15 is 0 Å². The molecule has 3 atom stereocenters. The fraction of sp³-hybridized carbons (Fsp3) is 0.647. The van der Waals surface area contributed by atoms with Gasteiger partial charge in [-0.3, -0.25) is 14.7 Å². The van der Waals surface area contributed by atoms with Crippen LogP contribution in [0.25, 0.3) is 0 Å². The summed E-state index contributed by atoms with van der Waals surface area (Å²) < 4.78 is 5.34. The molecule has 0 bridgehead atoms. The fourth-order valence-corrected chi connectivity index (χ4v) is 3.78. The number of carbonyl (C=O) groups is 1. The number of ether oxygens (including phenoxy) is 1. The van der Waals surface area contributed by atoms with Crippen LogP contribution in [0.15, 0.2) is 24.5 Å². The lowest BCUT2D eigenvalue weighted by Gasteiger charge is -2.29. The quantitative estimate of drug-likeness (QED) is 0.847. The molecule has 2 saturated heterocycles. The number of aromatic nitrogens is 1. The van der Waals surface area contributed by atoms with Crippen molar-refractivity contribution >= 4 is 5.91 Å². The molecule has 1 amide bonds. The van der Waals surface area contributed by atoms with E-state index in [1.165, 1.54) is 5.56 Å². The van der Waals surface area contributed by atoms with E-state index in [0.717, 1.165) is 25.9 Å². The minimum Gasteiger partial charge on any atom is -0.381 e. The van der Waals surface area contributed by atoms with Gasteiger partial charge < -0.3 is 9.64 Å². The number of amides is 1. The molecule has 120 valence electrons. The van der Waals surface area contributed by atoms with Crippen molar-refractivity contribution in [2.24, 2.45) is 11.8 Å². The number of pyridine rings is 1. The Morgan fingerprint density at radius 3 is 3.05 bits per heavy atom. The third kappa shape index (κ3) is 3.15. The van der Waals surface area contributed by atoms with Crippen LogP contribution in [0.4, 0.5) is 0 Å². The molecule has 5 heteroatoms. The highest BCUT2D eigenvalue weighted by atomic mass is 16.5. The summed E-state index contributed by atoms with van der Waals surface area (Å²) in [5.74, 6) is 0.753. The number of hydrogen-bond acceptors (Lipinski definition) is 4. The normalized spacial score (nSPS) is 28.9. The van der Waals surface area contributed by atoms with Crippen molar-refractivity contribution in [3.8, 4) is 0 Å². The monoisotopic (exact) mass is 303 g/mol. The van der Waals surface area contributed by atoms with Crippen molar-refractivity contribution in [3.63, 3.8) is 0 Å². The van der Waals surface area contributed by atoms with Gasteiger partial charge in [-0.15, -0.1) is 0 Å². The molecule has 3 heterocycles. The average molecular weight is 303 g/mol. The molecule has 22 heavy (non-hydrogen) atoms. The highest BCUT2D eigenvalue weighted by Gasteiger charge is 2.35. The molecule has 0 saturated carbocycles. The molecule has 2 aliphatic heterocycles. The standard InChI is InChI=1S/C17H25N3O2/c1-19-8-5-14(16(19)13-4-3-7-18-10-13)11-20(2)17(21)15-6-9-22-12-15/h3-4,7,10,14-16H,5-6,8-9,11-12H2,1-2H3/t14-,15-,16-/m0/s1. The smallest absolute Gasteiger partial charge is 0.227 e. The molecule has 0 spiro atoms. The average Bonchev–Trinajstić information content (AvgIpc) is 3.18. The number of hydrogen-bond donors (Lipinski definition) is 0. The van der Waals surface area contributed by atoms with Crippen LogP contribution in [-0.2, 0) is 9.53 Å². The van der Waals surface area contributed by atoms with Gasteiger partial charge in [0.2, 0.25) is 5.91 Å². The molecule has 1 aromatic heterocycles. The van der Waals surface area contributed by atoms with Crippen LogP contribution in [0.2, 0.25) is 0 Å². The van der Waals surface area contributed by atoms with E-state index < -0.39 is 0 Å². The lowest BCUT2D eigenvalue weighted by Crippen LogP contribution is -2.38. The van der Waals surface area contributed by atoms with Crippen LogP contribution >= 0.6 is 0 Å². The third-order valence-electron chi connectivity index (χ3n) is 4.96. The minimum absolute atomic E-state index is 0.0565. The first-order valence-electron chi connectivity index (χ1n) is 8.09. The Kier molecular flexibility index (Phi) is 4.74. The van der Waals surface area contributed by atoms with Crippen molar-refractivity contribution in [3.05, 3.63) is 30.1 Å². The van der Waals surface area contributed by atoms with Gasteiger partial charge in [-0.05, 0) is 44.0 Å². The van der Waals surface area contributed by atoms with Crippen molar-refractivity contribution < 1.29 is 9.53 Å². The van der Waals surface area contributed by atoms with Crippen LogP contribution in [0.3, 0.4) is 0 Å². The highest BCUT2D eigenvalue weighted by Crippen LogP contribution is 2.36. The zero-order valence-electron chi connectivity index (χ0n) is 13.4. The van der Waals surface area contributed by atoms with Gasteiger partial charge in [-0.1, -0.05) is 6.07 Å². The summed E-state index contributed by atoms with van der Waals surface area (Å²) >= 11 is 0. The Hall–Kier alpha value is -1.46. The summed E-state index contributed by atoms with van der Waals surface area (Å²) in [6.07, 6.45) is 5.74. The van der Waals surface area contributed by atoms with Crippen LogP contribution < -0.4 is 0 Å². The van der Waals surface area contributed by atoms with Gasteiger partial charge in [0.25, 0.3) is 0 Å². The van der Waals surface area contributed by atoms with E-state index in [1.54, 1.807) is 0 Å². The van der Waals surface area contributed by atoms with Crippen molar-refractivity contribution in [2.45, 2.75) is 18.9 Å². The van der Waals surface area contributed by atoms with E-state index in [0.29, 0.717) is 25.2 Å². The predicted molar refractivity (Wildman–Crippen MR) is 84.3 cm³/mol. The Labute approximate surface area is 132 Å². The molecule has 0 unspecified atom stereocenters. The van der Waals surface area contributed by atoms with Gasteiger partial charge in [0.15, 0.2) is 0 Å². The zero-order chi connectivity index (χ0) is 15.5. The second kappa shape index (κ2) is 6.75. The molecule has 0 N–H and O–H groups in total. The van der Waals surface area contributed by atoms with Crippen molar-refractivity contribution in [1.82, 2.24) is 14.8 Å². The maximum Gasteiger partial charge on any atom is 0.227 e. The van der Waals surface area contributed by atoms with Gasteiger partial charge in [0.1, 0.15) is 0 Å². The molecule has 2 fully saturated rings. The first-order valence-corrected chi connectivity index (χ1v) is 8.09. The molecule has 2 aliphatic rings. The fourth-order valence-electron chi connectivity index (χ4n) is 3.78. The summed E-state index contributed by atoms with van der Waals surface area (Å²) in [6.45, 7) is 3.17. The molecule has 1 aromatic rings. The summed E-state index contributed by atoms with van der Waals surface area (Å²) in [6, 6.07) is 4.48. The summed E-state index contributed by atoms with van der Waals surface area (Å²) in [5.41, 5.74) is 1.25. The lowest BCUT2D eigenvalue weighted by atomic mass is 9.94. The minimum atomic E-state index is 0.0565. The number of likely N-dealkylation sites (tertiary alicyclic amines) is 1. The Morgan fingerprint density at radius 2 is 2.36 bits per heavy atom. The SMILES string of the molecule is CN(C[C@@H]1CCN(C)[C@H]1c1cccnc1)C(=O)[C@H]1CCOC1. The first-order chi connectivity index (χ1) is 10.7. The molecule has 0 aromatic carbocycles. The molecule has 5 nitrogen and oxygen atoms in total. The van der Waals surface area contributed by atoms with Crippen LogP contribution in [0.1, 0.15) is 24.4 Å². The molecular formula is C17H25N3O2. The summed E-state index contributed by atoms with van der Waals surface area (Å²) in [5, 5.41) is 0. The number of carbonyl (C=O) groups excluding carboxylic acids is 1. The van der Waals surface area contributed by atoms with E-state index in [-0.39, 0.29) is 11.8 Å². The summed E-state index contributed by atoms with van der Waals surface area (Å²) in [7, 11) is 4.09. The first kappa shape index (κ1) is 15.4. The predicted octanol–water partition coefficient (Wildman–Crippen LogP) is 1.57. The maximum absolute atomic E-state index is 12.5. The second-order valence-electron chi connectivity index (χ2n) is 6.54. The Bertz CT molecular complexity index is 502. The maximum atomic E-state index is 12.5. The van der Waals surface area contributed by atoms with E-state index in [4.69, 9.17) is 4.74 Å².